The maximum Gasteiger partial charge on any atom is 0.329 e. The van der Waals surface area contributed by atoms with Crippen molar-refractivity contribution in [2.45, 2.75) is 0 Å². The van der Waals surface area contributed by atoms with Gasteiger partial charge in [0.05, 0.1) is 11.5 Å². The van der Waals surface area contributed by atoms with Gasteiger partial charge >= 0.3 is 5.97 Å². The summed E-state index contributed by atoms with van der Waals surface area (Å²) in [4.78, 5) is 23.9. The van der Waals surface area contributed by atoms with E-state index >= 15 is 0 Å². The number of benzene rings is 1. The van der Waals surface area contributed by atoms with E-state index in [0.29, 0.717) is 23.8 Å². The Hall–Kier alpha value is -2.58. The number of amides is 1. The van der Waals surface area contributed by atoms with Crippen molar-refractivity contribution in [1.82, 2.24) is 5.32 Å². The topological polar surface area (TPSA) is 94.1 Å². The first-order chi connectivity index (χ1) is 12.1. The van der Waals surface area contributed by atoms with Crippen LogP contribution in [0.3, 0.4) is 0 Å². The molecule has 0 atom stereocenters. The molecule has 2 heterocycles. The van der Waals surface area contributed by atoms with Gasteiger partial charge in [-0.2, -0.15) is 0 Å². The van der Waals surface area contributed by atoms with Crippen LogP contribution in [0.4, 0.5) is 0 Å². The zero-order valence-corrected chi connectivity index (χ0v) is 14.1. The van der Waals surface area contributed by atoms with Crippen molar-refractivity contribution in [3.8, 4) is 21.9 Å². The van der Waals surface area contributed by atoms with Crippen molar-refractivity contribution in [2.24, 2.45) is 0 Å². The second-order valence-electron chi connectivity index (χ2n) is 5.22. The fourth-order valence-corrected chi connectivity index (χ4v) is 3.21. The molecule has 0 unspecified atom stereocenters. The second kappa shape index (κ2) is 8.00. The summed E-state index contributed by atoms with van der Waals surface area (Å²) < 4.78 is 16.0. The van der Waals surface area contributed by atoms with Gasteiger partial charge in [-0.1, -0.05) is 0 Å². The number of carboxylic acids is 1. The van der Waals surface area contributed by atoms with Gasteiger partial charge in [0.15, 0.2) is 11.5 Å². The van der Waals surface area contributed by atoms with Crippen LogP contribution in [0.1, 0.15) is 9.67 Å². The Labute approximate surface area is 148 Å². The highest BCUT2D eigenvalue weighted by Crippen LogP contribution is 2.36. The molecular formula is C17H17NO6S. The Balaban J connectivity index is 1.58. The highest BCUT2D eigenvalue weighted by Gasteiger charge is 2.15. The average molecular weight is 363 g/mol. The van der Waals surface area contributed by atoms with Gasteiger partial charge in [-0.25, -0.2) is 4.79 Å². The van der Waals surface area contributed by atoms with Crippen molar-refractivity contribution < 1.29 is 28.9 Å². The lowest BCUT2D eigenvalue weighted by atomic mass is 10.1. The Morgan fingerprint density at radius 3 is 2.76 bits per heavy atom. The van der Waals surface area contributed by atoms with Gasteiger partial charge in [0, 0.05) is 11.4 Å². The summed E-state index contributed by atoms with van der Waals surface area (Å²) in [6, 6.07) is 9.34. The maximum absolute atomic E-state index is 12.1. The van der Waals surface area contributed by atoms with E-state index in [-0.39, 0.29) is 25.7 Å². The highest BCUT2D eigenvalue weighted by atomic mass is 32.1. The molecule has 1 aliphatic heterocycles. The SMILES string of the molecule is O=C(O)COCCNC(=O)c1ccc(-c2ccc3c(c2)OCCO3)s1. The third-order valence-corrected chi connectivity index (χ3v) is 4.55. The predicted octanol–water partition coefficient (Wildman–Crippen LogP) is 2.02. The molecule has 0 bridgehead atoms. The molecule has 1 aromatic carbocycles. The second-order valence-corrected chi connectivity index (χ2v) is 6.31. The molecule has 0 spiro atoms. The van der Waals surface area contributed by atoms with Crippen LogP contribution < -0.4 is 14.8 Å². The normalized spacial score (nSPS) is 12.6. The number of nitrogens with one attached hydrogen (secondary N) is 1. The number of carboxylic acid groups (broad SMARTS) is 1. The van der Waals surface area contributed by atoms with Crippen LogP contribution in [0, 0.1) is 0 Å². The quantitative estimate of drug-likeness (QED) is 0.731. The molecule has 2 N–H and O–H groups in total. The molecule has 8 heteroatoms. The third-order valence-electron chi connectivity index (χ3n) is 3.41. The van der Waals surface area contributed by atoms with Crippen LogP contribution in [0.2, 0.25) is 0 Å². The number of hydrogen-bond donors (Lipinski definition) is 2. The molecule has 1 aliphatic rings. The standard InChI is InChI=1S/C17H17NO6S/c19-16(20)10-22-6-5-18-17(21)15-4-3-14(25-15)11-1-2-12-13(9-11)24-8-7-23-12/h1-4,9H,5-8,10H2,(H,18,21)(H,19,20). The molecule has 1 amide bonds. The fraction of sp³-hybridized carbons (Fsp3) is 0.294. The zero-order valence-electron chi connectivity index (χ0n) is 13.3. The highest BCUT2D eigenvalue weighted by molar-refractivity contribution is 7.17. The van der Waals surface area contributed by atoms with E-state index in [1.54, 1.807) is 6.07 Å². The first-order valence-corrected chi connectivity index (χ1v) is 8.53. The lowest BCUT2D eigenvalue weighted by Crippen LogP contribution is -2.27. The Kier molecular flexibility index (Phi) is 5.52. The van der Waals surface area contributed by atoms with Crippen LogP contribution in [-0.4, -0.2) is 50.0 Å². The van der Waals surface area contributed by atoms with Crippen LogP contribution in [-0.2, 0) is 9.53 Å². The minimum Gasteiger partial charge on any atom is -0.486 e. The van der Waals surface area contributed by atoms with Crippen molar-refractivity contribution in [3.63, 3.8) is 0 Å². The van der Waals surface area contributed by atoms with Crippen molar-refractivity contribution >= 4 is 23.2 Å². The summed E-state index contributed by atoms with van der Waals surface area (Å²) in [6.07, 6.45) is 0. The number of fused-ring (bicyclic) bond motifs is 1. The molecular weight excluding hydrogens is 346 g/mol. The smallest absolute Gasteiger partial charge is 0.329 e. The average Bonchev–Trinajstić information content (AvgIpc) is 3.11. The number of aliphatic carboxylic acids is 1. The fourth-order valence-electron chi connectivity index (χ4n) is 2.30. The molecule has 0 saturated heterocycles. The van der Waals surface area contributed by atoms with Gasteiger partial charge < -0.3 is 24.6 Å². The summed E-state index contributed by atoms with van der Waals surface area (Å²) in [5.41, 5.74) is 0.957. The summed E-state index contributed by atoms with van der Waals surface area (Å²) >= 11 is 1.37. The van der Waals surface area contributed by atoms with Crippen LogP contribution in [0.15, 0.2) is 30.3 Å². The number of carbonyl (C=O) groups is 2. The molecule has 0 radical (unpaired) electrons. The Morgan fingerprint density at radius 2 is 1.96 bits per heavy atom. The van der Waals surface area contributed by atoms with E-state index < -0.39 is 5.97 Å². The van der Waals surface area contributed by atoms with Crippen molar-refractivity contribution in [1.29, 1.82) is 0 Å². The molecule has 7 nitrogen and oxygen atoms in total. The van der Waals surface area contributed by atoms with Gasteiger partial charge in [0.1, 0.15) is 19.8 Å². The Morgan fingerprint density at radius 1 is 1.16 bits per heavy atom. The lowest BCUT2D eigenvalue weighted by Gasteiger charge is -2.18. The van der Waals surface area contributed by atoms with Crippen LogP contribution in [0.5, 0.6) is 11.5 Å². The van der Waals surface area contributed by atoms with Crippen LogP contribution in [0.25, 0.3) is 10.4 Å². The number of rotatable bonds is 7. The van der Waals surface area contributed by atoms with Gasteiger partial charge in [-0.3, -0.25) is 4.79 Å². The molecule has 25 heavy (non-hydrogen) atoms. The first-order valence-electron chi connectivity index (χ1n) is 7.71. The number of carbonyl (C=O) groups excluding carboxylic acids is 1. The summed E-state index contributed by atoms with van der Waals surface area (Å²) in [7, 11) is 0. The molecule has 132 valence electrons. The van der Waals surface area contributed by atoms with Gasteiger partial charge in [0.2, 0.25) is 0 Å². The lowest BCUT2D eigenvalue weighted by molar-refractivity contribution is -0.142. The van der Waals surface area contributed by atoms with Crippen LogP contribution >= 0.6 is 11.3 Å². The number of thiophene rings is 1. The molecule has 2 aromatic rings. The van der Waals surface area contributed by atoms with E-state index in [0.717, 1.165) is 16.2 Å². The van der Waals surface area contributed by atoms with Crippen molar-refractivity contribution in [2.75, 3.05) is 33.0 Å². The molecule has 3 rings (SSSR count). The van der Waals surface area contributed by atoms with E-state index in [1.165, 1.54) is 11.3 Å². The molecule has 1 aromatic heterocycles. The number of hydrogen-bond acceptors (Lipinski definition) is 6. The van der Waals surface area contributed by atoms with E-state index in [2.05, 4.69) is 5.32 Å². The first kappa shape index (κ1) is 17.2. The summed E-state index contributed by atoms with van der Waals surface area (Å²) in [6.45, 7) is 1.11. The predicted molar refractivity (Wildman–Crippen MR) is 91.5 cm³/mol. The van der Waals surface area contributed by atoms with E-state index in [1.807, 2.05) is 24.3 Å². The monoisotopic (exact) mass is 363 g/mol. The Bertz CT molecular complexity index is 772. The molecule has 0 saturated carbocycles. The third kappa shape index (κ3) is 4.49. The van der Waals surface area contributed by atoms with Crippen molar-refractivity contribution in [3.05, 3.63) is 35.2 Å². The minimum atomic E-state index is -1.03. The van der Waals surface area contributed by atoms with Gasteiger partial charge in [-0.05, 0) is 35.9 Å². The molecule has 0 fully saturated rings. The van der Waals surface area contributed by atoms with Gasteiger partial charge in [0.25, 0.3) is 5.91 Å². The largest absolute Gasteiger partial charge is 0.486 e. The number of ether oxygens (including phenoxy) is 3. The van der Waals surface area contributed by atoms with E-state index in [9.17, 15) is 9.59 Å². The summed E-state index contributed by atoms with van der Waals surface area (Å²) in [5, 5.41) is 11.2. The summed E-state index contributed by atoms with van der Waals surface area (Å²) in [5.74, 6) is 0.186. The minimum absolute atomic E-state index is 0.151. The zero-order chi connectivity index (χ0) is 17.6. The maximum atomic E-state index is 12.1. The van der Waals surface area contributed by atoms with E-state index in [4.69, 9.17) is 19.3 Å². The van der Waals surface area contributed by atoms with Gasteiger partial charge in [-0.15, -0.1) is 11.3 Å². The molecule has 0 aliphatic carbocycles.